The molecule has 3 aromatic rings. The second-order valence-corrected chi connectivity index (χ2v) is 4.84. The Bertz CT molecular complexity index is 693. The van der Waals surface area contributed by atoms with Gasteiger partial charge in [-0.3, -0.25) is 5.10 Å². The zero-order valence-electron chi connectivity index (χ0n) is 11.1. The predicted octanol–water partition coefficient (Wildman–Crippen LogP) is 2.06. The van der Waals surface area contributed by atoms with Crippen LogP contribution in [0.1, 0.15) is 22.6 Å². The molecule has 0 aliphatic rings. The molecule has 0 atom stereocenters. The summed E-state index contributed by atoms with van der Waals surface area (Å²) in [5.41, 5.74) is 11.8. The molecule has 3 aromatic heterocycles. The molecule has 98 valence electrons. The van der Waals surface area contributed by atoms with Crippen LogP contribution in [0.3, 0.4) is 0 Å². The van der Waals surface area contributed by atoms with E-state index in [1.54, 1.807) is 0 Å². The number of hydrogen-bond donors (Lipinski definition) is 2. The molecule has 4 nitrogen and oxygen atoms in total. The molecule has 0 bridgehead atoms. The summed E-state index contributed by atoms with van der Waals surface area (Å²) in [5.74, 6) is 0. The van der Waals surface area contributed by atoms with Gasteiger partial charge in [0.25, 0.3) is 0 Å². The first-order chi connectivity index (χ1) is 9.29. The third-order valence-electron chi connectivity index (χ3n) is 3.52. The number of nitrogens with one attached hydrogen (secondary N) is 1. The van der Waals surface area contributed by atoms with E-state index in [9.17, 15) is 0 Å². The molecule has 0 radical (unpaired) electrons. The number of H-pyrrole nitrogens is 1. The van der Waals surface area contributed by atoms with E-state index in [-0.39, 0.29) is 0 Å². The highest BCUT2D eigenvalue weighted by atomic mass is 15.1. The van der Waals surface area contributed by atoms with Gasteiger partial charge in [-0.2, -0.15) is 5.10 Å². The van der Waals surface area contributed by atoms with E-state index in [2.05, 4.69) is 51.9 Å². The molecule has 0 saturated heterocycles. The Balaban J connectivity index is 1.99. The summed E-state index contributed by atoms with van der Waals surface area (Å²) in [6, 6.07) is 10.7. The molecule has 3 rings (SSSR count). The zero-order chi connectivity index (χ0) is 13.2. The van der Waals surface area contributed by atoms with Crippen LogP contribution in [0.5, 0.6) is 0 Å². The number of pyridine rings is 1. The molecule has 4 heteroatoms. The molecular formula is C15H18N4. The summed E-state index contributed by atoms with van der Waals surface area (Å²) in [5, 5.41) is 7.18. The third-order valence-corrected chi connectivity index (χ3v) is 3.52. The van der Waals surface area contributed by atoms with Crippen molar-refractivity contribution in [2.45, 2.75) is 19.8 Å². The molecule has 0 aliphatic carbocycles. The van der Waals surface area contributed by atoms with Gasteiger partial charge in [0.15, 0.2) is 0 Å². The number of fused-ring (bicyclic) bond motifs is 1. The molecule has 0 amide bonds. The lowest BCUT2D eigenvalue weighted by molar-refractivity contribution is 0.883. The minimum Gasteiger partial charge on any atom is -0.330 e. The molecule has 0 fully saturated rings. The van der Waals surface area contributed by atoms with Crippen molar-refractivity contribution >= 4 is 5.52 Å². The maximum absolute atomic E-state index is 5.62. The van der Waals surface area contributed by atoms with Gasteiger partial charge < -0.3 is 10.1 Å². The normalized spacial score (nSPS) is 11.3. The maximum Gasteiger partial charge on any atom is 0.0526 e. The predicted molar refractivity (Wildman–Crippen MR) is 76.3 cm³/mol. The summed E-state index contributed by atoms with van der Waals surface area (Å²) in [7, 11) is 0. The van der Waals surface area contributed by atoms with Crippen molar-refractivity contribution in [3.8, 4) is 0 Å². The van der Waals surface area contributed by atoms with Crippen molar-refractivity contribution in [2.75, 3.05) is 6.54 Å². The average Bonchev–Trinajstić information content (AvgIpc) is 3.00. The number of nitrogens with zero attached hydrogens (tertiary/aromatic N) is 2. The van der Waals surface area contributed by atoms with E-state index in [1.807, 2.05) is 6.20 Å². The molecule has 0 spiro atoms. The first-order valence-electron chi connectivity index (χ1n) is 6.56. The summed E-state index contributed by atoms with van der Waals surface area (Å²) in [6.45, 7) is 2.77. The smallest absolute Gasteiger partial charge is 0.0526 e. The van der Waals surface area contributed by atoms with Crippen molar-refractivity contribution in [3.63, 3.8) is 0 Å². The topological polar surface area (TPSA) is 59.1 Å². The van der Waals surface area contributed by atoms with Crippen LogP contribution in [-0.4, -0.2) is 21.1 Å². The van der Waals surface area contributed by atoms with Crippen molar-refractivity contribution in [2.24, 2.45) is 5.73 Å². The molecule has 0 saturated carbocycles. The standard InChI is InChI=1S/C15H18N4/c1-11-3-2-4-13-5-6-14(19(11)13)9-12-10-17-18-15(12)7-8-16/h2-6,10H,7-9,16H2,1H3,(H,17,18). The Morgan fingerprint density at radius 1 is 1.26 bits per heavy atom. The van der Waals surface area contributed by atoms with E-state index in [1.165, 1.54) is 22.5 Å². The lowest BCUT2D eigenvalue weighted by atomic mass is 10.1. The second-order valence-electron chi connectivity index (χ2n) is 4.84. The third kappa shape index (κ3) is 2.15. The van der Waals surface area contributed by atoms with Gasteiger partial charge >= 0.3 is 0 Å². The molecule has 0 aromatic carbocycles. The van der Waals surface area contributed by atoms with Crippen LogP contribution in [0.4, 0.5) is 0 Å². The van der Waals surface area contributed by atoms with Gasteiger partial charge in [-0.25, -0.2) is 0 Å². The minimum absolute atomic E-state index is 0.642. The van der Waals surface area contributed by atoms with Crippen LogP contribution in [0.2, 0.25) is 0 Å². The van der Waals surface area contributed by atoms with Crippen LogP contribution in [0.15, 0.2) is 36.5 Å². The van der Waals surface area contributed by atoms with E-state index < -0.39 is 0 Å². The Morgan fingerprint density at radius 3 is 3.00 bits per heavy atom. The lowest BCUT2D eigenvalue weighted by Gasteiger charge is -2.07. The summed E-state index contributed by atoms with van der Waals surface area (Å²) in [4.78, 5) is 0. The number of aryl methyl sites for hydroxylation is 1. The molecule has 0 aliphatic heterocycles. The Hall–Kier alpha value is -2.07. The molecule has 3 heterocycles. The Labute approximate surface area is 112 Å². The van der Waals surface area contributed by atoms with Crippen LogP contribution < -0.4 is 5.73 Å². The Kier molecular flexibility index (Phi) is 3.09. The number of aromatic nitrogens is 3. The van der Waals surface area contributed by atoms with Crippen LogP contribution >= 0.6 is 0 Å². The lowest BCUT2D eigenvalue weighted by Crippen LogP contribution is -2.06. The first kappa shape index (κ1) is 12.0. The van der Waals surface area contributed by atoms with Crippen LogP contribution in [0, 0.1) is 6.92 Å². The summed E-state index contributed by atoms with van der Waals surface area (Å²) >= 11 is 0. The monoisotopic (exact) mass is 254 g/mol. The van der Waals surface area contributed by atoms with Crippen molar-refractivity contribution < 1.29 is 0 Å². The molecule has 0 unspecified atom stereocenters. The maximum atomic E-state index is 5.62. The van der Waals surface area contributed by atoms with E-state index in [4.69, 9.17) is 5.73 Å². The quantitative estimate of drug-likeness (QED) is 0.748. The van der Waals surface area contributed by atoms with E-state index in [0.29, 0.717) is 6.54 Å². The second kappa shape index (κ2) is 4.90. The summed E-state index contributed by atoms with van der Waals surface area (Å²) in [6.07, 6.45) is 3.63. The van der Waals surface area contributed by atoms with Crippen molar-refractivity contribution in [1.82, 2.24) is 14.6 Å². The zero-order valence-corrected chi connectivity index (χ0v) is 11.1. The molecule has 19 heavy (non-hydrogen) atoms. The van der Waals surface area contributed by atoms with Gasteiger partial charge in [0.05, 0.1) is 6.20 Å². The van der Waals surface area contributed by atoms with Crippen molar-refractivity contribution in [3.05, 3.63) is 59.2 Å². The highest BCUT2D eigenvalue weighted by molar-refractivity contribution is 5.51. The molecular weight excluding hydrogens is 236 g/mol. The molecule has 3 N–H and O–H groups in total. The fourth-order valence-corrected chi connectivity index (χ4v) is 2.60. The minimum atomic E-state index is 0.642. The SMILES string of the molecule is Cc1cccc2ccc(Cc3cn[nH]c3CCN)n12. The number of hydrogen-bond acceptors (Lipinski definition) is 2. The highest BCUT2D eigenvalue weighted by Gasteiger charge is 2.09. The number of rotatable bonds is 4. The van der Waals surface area contributed by atoms with Gasteiger partial charge in [-0.05, 0) is 43.3 Å². The van der Waals surface area contributed by atoms with Crippen LogP contribution in [0.25, 0.3) is 5.52 Å². The van der Waals surface area contributed by atoms with E-state index in [0.717, 1.165) is 18.5 Å². The average molecular weight is 254 g/mol. The van der Waals surface area contributed by atoms with Gasteiger partial charge in [-0.15, -0.1) is 0 Å². The number of nitrogens with two attached hydrogens (primary N) is 1. The van der Waals surface area contributed by atoms with Gasteiger partial charge in [-0.1, -0.05) is 6.07 Å². The van der Waals surface area contributed by atoms with Crippen LogP contribution in [-0.2, 0) is 12.8 Å². The van der Waals surface area contributed by atoms with Crippen molar-refractivity contribution in [1.29, 1.82) is 0 Å². The number of aromatic amines is 1. The fraction of sp³-hybridized carbons (Fsp3) is 0.267. The van der Waals surface area contributed by atoms with Gasteiger partial charge in [0.2, 0.25) is 0 Å². The highest BCUT2D eigenvalue weighted by Crippen LogP contribution is 2.18. The summed E-state index contributed by atoms with van der Waals surface area (Å²) < 4.78 is 2.29. The van der Waals surface area contributed by atoms with Gasteiger partial charge in [0, 0.05) is 35.4 Å². The Morgan fingerprint density at radius 2 is 2.16 bits per heavy atom. The largest absolute Gasteiger partial charge is 0.330 e. The fourth-order valence-electron chi connectivity index (χ4n) is 2.60. The van der Waals surface area contributed by atoms with Gasteiger partial charge in [0.1, 0.15) is 0 Å². The first-order valence-corrected chi connectivity index (χ1v) is 6.56. The van der Waals surface area contributed by atoms with E-state index >= 15 is 0 Å².